The monoisotopic (exact) mass is 268 g/mol. The second-order valence-corrected chi connectivity index (χ2v) is 5.23. The third-order valence-electron chi connectivity index (χ3n) is 3.25. The van der Waals surface area contributed by atoms with Crippen molar-refractivity contribution >= 4 is 5.97 Å². The van der Waals surface area contributed by atoms with Crippen molar-refractivity contribution in [2.75, 3.05) is 0 Å². The minimum absolute atomic E-state index is 0.0845. The van der Waals surface area contributed by atoms with Crippen LogP contribution in [0.1, 0.15) is 90.9 Å². The standard InChI is InChI=1S/C17H32O2/c1-3-5-7-9-10-11-12-13-15-17(18)19-16-14-8-6-4-2/h14,16H,3-13,15H2,1-2H3/b16-14+. The first-order chi connectivity index (χ1) is 9.31. The molecule has 0 saturated heterocycles. The van der Waals surface area contributed by atoms with E-state index in [1.807, 2.05) is 6.08 Å². The molecule has 0 amide bonds. The predicted molar refractivity (Wildman–Crippen MR) is 82.0 cm³/mol. The molecule has 0 aliphatic rings. The van der Waals surface area contributed by atoms with Crippen LogP contribution in [0.3, 0.4) is 0 Å². The highest BCUT2D eigenvalue weighted by Crippen LogP contribution is 2.09. The molecule has 0 heterocycles. The van der Waals surface area contributed by atoms with Crippen LogP contribution in [-0.4, -0.2) is 5.97 Å². The molecule has 2 heteroatoms. The lowest BCUT2D eigenvalue weighted by Gasteiger charge is -2.01. The molecule has 0 aliphatic carbocycles. The summed E-state index contributed by atoms with van der Waals surface area (Å²) in [4.78, 5) is 11.4. The van der Waals surface area contributed by atoms with E-state index in [0.717, 1.165) is 25.7 Å². The van der Waals surface area contributed by atoms with E-state index in [-0.39, 0.29) is 5.97 Å². The zero-order valence-corrected chi connectivity index (χ0v) is 13.0. The van der Waals surface area contributed by atoms with E-state index < -0.39 is 0 Å². The zero-order valence-electron chi connectivity index (χ0n) is 13.0. The molecule has 112 valence electrons. The Hall–Kier alpha value is -0.790. The van der Waals surface area contributed by atoms with Gasteiger partial charge in [-0.2, -0.15) is 0 Å². The van der Waals surface area contributed by atoms with Gasteiger partial charge in [0.05, 0.1) is 6.26 Å². The van der Waals surface area contributed by atoms with Crippen molar-refractivity contribution in [1.29, 1.82) is 0 Å². The van der Waals surface area contributed by atoms with E-state index in [0.29, 0.717) is 6.42 Å². The van der Waals surface area contributed by atoms with Gasteiger partial charge in [-0.1, -0.05) is 65.2 Å². The normalized spacial score (nSPS) is 11.1. The summed E-state index contributed by atoms with van der Waals surface area (Å²) in [6, 6.07) is 0. The summed E-state index contributed by atoms with van der Waals surface area (Å²) < 4.78 is 5.03. The fourth-order valence-corrected chi connectivity index (χ4v) is 1.98. The van der Waals surface area contributed by atoms with Crippen molar-refractivity contribution < 1.29 is 9.53 Å². The predicted octanol–water partition coefficient (Wildman–Crippen LogP) is 5.76. The highest BCUT2D eigenvalue weighted by Gasteiger charge is 2.00. The summed E-state index contributed by atoms with van der Waals surface area (Å²) in [5, 5.41) is 0. The van der Waals surface area contributed by atoms with Crippen LogP contribution in [0.2, 0.25) is 0 Å². The molecule has 0 aliphatic heterocycles. The van der Waals surface area contributed by atoms with Crippen molar-refractivity contribution in [3.8, 4) is 0 Å². The van der Waals surface area contributed by atoms with Gasteiger partial charge in [-0.3, -0.25) is 4.79 Å². The number of carbonyl (C=O) groups is 1. The van der Waals surface area contributed by atoms with Crippen LogP contribution in [0.5, 0.6) is 0 Å². The highest BCUT2D eigenvalue weighted by atomic mass is 16.5. The van der Waals surface area contributed by atoms with Gasteiger partial charge in [-0.25, -0.2) is 0 Å². The summed E-state index contributed by atoms with van der Waals surface area (Å²) in [5.41, 5.74) is 0. The number of carbonyl (C=O) groups excluding carboxylic acids is 1. The Balaban J connectivity index is 3.22. The molecule has 0 spiro atoms. The van der Waals surface area contributed by atoms with Crippen LogP contribution in [-0.2, 0) is 9.53 Å². The molecule has 0 rings (SSSR count). The lowest BCUT2D eigenvalue weighted by Crippen LogP contribution is -1.98. The van der Waals surface area contributed by atoms with Gasteiger partial charge in [0.25, 0.3) is 0 Å². The number of ether oxygens (including phenoxy) is 1. The Morgan fingerprint density at radius 1 is 0.842 bits per heavy atom. The quantitative estimate of drug-likeness (QED) is 0.241. The van der Waals surface area contributed by atoms with Crippen molar-refractivity contribution in [2.24, 2.45) is 0 Å². The second-order valence-electron chi connectivity index (χ2n) is 5.23. The number of hydrogen-bond donors (Lipinski definition) is 0. The van der Waals surface area contributed by atoms with Crippen LogP contribution in [0.4, 0.5) is 0 Å². The second kappa shape index (κ2) is 15.3. The summed E-state index contributed by atoms with van der Waals surface area (Å²) in [5.74, 6) is -0.0845. The maximum atomic E-state index is 11.4. The number of esters is 1. The van der Waals surface area contributed by atoms with Gasteiger partial charge in [-0.05, 0) is 25.3 Å². The van der Waals surface area contributed by atoms with Gasteiger partial charge >= 0.3 is 5.97 Å². The molecule has 19 heavy (non-hydrogen) atoms. The van der Waals surface area contributed by atoms with Gasteiger partial charge in [0.1, 0.15) is 0 Å². The first-order valence-corrected chi connectivity index (χ1v) is 8.15. The Kier molecular flexibility index (Phi) is 14.6. The third-order valence-corrected chi connectivity index (χ3v) is 3.25. The molecule has 0 N–H and O–H groups in total. The SMILES string of the molecule is CCCC/C=C/OC(=O)CCCCCCCCCC. The van der Waals surface area contributed by atoms with E-state index in [9.17, 15) is 4.79 Å². The number of unbranched alkanes of at least 4 members (excludes halogenated alkanes) is 9. The lowest BCUT2D eigenvalue weighted by atomic mass is 10.1. The fourth-order valence-electron chi connectivity index (χ4n) is 1.98. The number of hydrogen-bond acceptors (Lipinski definition) is 2. The third kappa shape index (κ3) is 15.2. The molecule has 0 aromatic heterocycles. The topological polar surface area (TPSA) is 26.3 Å². The summed E-state index contributed by atoms with van der Waals surface area (Å²) >= 11 is 0. The molecule has 0 aromatic carbocycles. The Morgan fingerprint density at radius 2 is 1.42 bits per heavy atom. The molecule has 0 unspecified atom stereocenters. The van der Waals surface area contributed by atoms with E-state index >= 15 is 0 Å². The zero-order chi connectivity index (χ0) is 14.2. The van der Waals surface area contributed by atoms with Crippen LogP contribution >= 0.6 is 0 Å². The van der Waals surface area contributed by atoms with E-state index in [1.165, 1.54) is 44.9 Å². The van der Waals surface area contributed by atoms with Crippen LogP contribution in [0.15, 0.2) is 12.3 Å². The first kappa shape index (κ1) is 18.2. The van der Waals surface area contributed by atoms with Crippen LogP contribution in [0.25, 0.3) is 0 Å². The molecule has 0 aromatic rings. The molecular formula is C17H32O2. The average molecular weight is 268 g/mol. The minimum Gasteiger partial charge on any atom is -0.435 e. The summed E-state index contributed by atoms with van der Waals surface area (Å²) in [6.45, 7) is 4.39. The van der Waals surface area contributed by atoms with Gasteiger partial charge < -0.3 is 4.74 Å². The van der Waals surface area contributed by atoms with Gasteiger partial charge in [0.15, 0.2) is 0 Å². The van der Waals surface area contributed by atoms with Gasteiger partial charge in [0.2, 0.25) is 0 Å². The summed E-state index contributed by atoms with van der Waals surface area (Å²) in [6.07, 6.45) is 17.5. The van der Waals surface area contributed by atoms with Gasteiger partial charge in [0, 0.05) is 6.42 Å². The molecule has 0 bridgehead atoms. The average Bonchev–Trinajstić information content (AvgIpc) is 2.41. The highest BCUT2D eigenvalue weighted by molar-refractivity contribution is 5.69. The number of allylic oxidation sites excluding steroid dienone is 1. The van der Waals surface area contributed by atoms with Crippen molar-refractivity contribution in [3.63, 3.8) is 0 Å². The largest absolute Gasteiger partial charge is 0.435 e. The van der Waals surface area contributed by atoms with Crippen LogP contribution in [0, 0.1) is 0 Å². The van der Waals surface area contributed by atoms with E-state index in [2.05, 4.69) is 13.8 Å². The van der Waals surface area contributed by atoms with E-state index in [4.69, 9.17) is 4.74 Å². The molecule has 2 nitrogen and oxygen atoms in total. The maximum Gasteiger partial charge on any atom is 0.310 e. The number of rotatable bonds is 13. The lowest BCUT2D eigenvalue weighted by molar-refractivity contribution is -0.138. The Bertz CT molecular complexity index is 221. The van der Waals surface area contributed by atoms with Crippen molar-refractivity contribution in [2.45, 2.75) is 90.9 Å². The maximum absolute atomic E-state index is 11.4. The summed E-state index contributed by atoms with van der Waals surface area (Å²) in [7, 11) is 0. The van der Waals surface area contributed by atoms with Crippen molar-refractivity contribution in [1.82, 2.24) is 0 Å². The molecule has 0 atom stereocenters. The van der Waals surface area contributed by atoms with E-state index in [1.54, 1.807) is 6.26 Å². The molecular weight excluding hydrogens is 236 g/mol. The first-order valence-electron chi connectivity index (χ1n) is 8.15. The molecule has 0 fully saturated rings. The van der Waals surface area contributed by atoms with Crippen molar-refractivity contribution in [3.05, 3.63) is 12.3 Å². The van der Waals surface area contributed by atoms with Crippen LogP contribution < -0.4 is 0 Å². The van der Waals surface area contributed by atoms with Gasteiger partial charge in [-0.15, -0.1) is 0 Å². The molecule has 0 radical (unpaired) electrons. The Labute approximate surface area is 119 Å². The smallest absolute Gasteiger partial charge is 0.310 e. The Morgan fingerprint density at radius 3 is 2.05 bits per heavy atom. The fraction of sp³-hybridized carbons (Fsp3) is 0.824. The minimum atomic E-state index is -0.0845. The molecule has 0 saturated carbocycles.